The van der Waals surface area contributed by atoms with Crippen molar-refractivity contribution in [2.24, 2.45) is 11.8 Å². The molecule has 2 unspecified atom stereocenters. The predicted molar refractivity (Wildman–Crippen MR) is 79.2 cm³/mol. The molecule has 1 aliphatic carbocycles. The highest BCUT2D eigenvalue weighted by atomic mass is 16.5. The summed E-state index contributed by atoms with van der Waals surface area (Å²) in [6.45, 7) is 11.1. The number of hydrogen-bond donors (Lipinski definition) is 0. The fraction of sp³-hybridized carbons (Fsp3) is 0.875. The summed E-state index contributed by atoms with van der Waals surface area (Å²) in [5, 5.41) is 0. The molecule has 2 aliphatic heterocycles. The van der Waals surface area contributed by atoms with Gasteiger partial charge in [0.15, 0.2) is 0 Å². The minimum Gasteiger partial charge on any atom is -0.376 e. The van der Waals surface area contributed by atoms with Gasteiger partial charge in [0, 0.05) is 17.7 Å². The topological polar surface area (TPSA) is 12.5 Å². The van der Waals surface area contributed by atoms with Crippen LogP contribution in [-0.2, 0) is 4.74 Å². The Bertz CT molecular complexity index is 398. The summed E-state index contributed by atoms with van der Waals surface area (Å²) in [5.41, 5.74) is 3.35. The molecular weight excluding hydrogens is 233 g/mol. The molecule has 0 aromatic rings. The van der Waals surface area contributed by atoms with Gasteiger partial charge < -0.3 is 9.64 Å². The molecule has 1 spiro atoms. The van der Waals surface area contributed by atoms with Crippen LogP contribution in [-0.4, -0.2) is 37.5 Å². The maximum atomic E-state index is 6.49. The lowest BCUT2D eigenvalue weighted by molar-refractivity contribution is -0.155. The Balaban J connectivity index is 2.09. The van der Waals surface area contributed by atoms with Crippen LogP contribution >= 0.6 is 0 Å². The summed E-state index contributed by atoms with van der Waals surface area (Å²) in [6, 6.07) is 0.544. The molecule has 2 radical (unpaired) electrons. The SMILES string of the molecule is [B]C1CCCC2=C1C(C(C)C)C1(COC1)N2C(C)C. The second-order valence-corrected chi connectivity index (χ2v) is 7.18. The lowest BCUT2D eigenvalue weighted by Gasteiger charge is -2.53. The van der Waals surface area contributed by atoms with E-state index in [1.807, 2.05) is 0 Å². The molecule has 2 atom stereocenters. The first-order valence-corrected chi connectivity index (χ1v) is 7.84. The van der Waals surface area contributed by atoms with Crippen LogP contribution in [0.5, 0.6) is 0 Å². The molecule has 2 nitrogen and oxygen atoms in total. The van der Waals surface area contributed by atoms with Crippen LogP contribution in [0.3, 0.4) is 0 Å². The summed E-state index contributed by atoms with van der Waals surface area (Å²) in [4.78, 5) is 2.68. The van der Waals surface area contributed by atoms with Crippen molar-refractivity contribution < 1.29 is 4.74 Å². The molecule has 1 saturated heterocycles. The quantitative estimate of drug-likeness (QED) is 0.706. The zero-order chi connectivity index (χ0) is 13.8. The Kier molecular flexibility index (Phi) is 3.24. The van der Waals surface area contributed by atoms with E-state index in [1.165, 1.54) is 12.8 Å². The van der Waals surface area contributed by atoms with E-state index in [1.54, 1.807) is 11.3 Å². The van der Waals surface area contributed by atoms with Crippen LogP contribution in [0.2, 0.25) is 5.82 Å². The Hall–Kier alpha value is -0.435. The van der Waals surface area contributed by atoms with Crippen LogP contribution in [0.4, 0.5) is 0 Å². The molecule has 0 N–H and O–H groups in total. The highest BCUT2D eigenvalue weighted by molar-refractivity contribution is 6.14. The smallest absolute Gasteiger partial charge is 0.0935 e. The number of nitrogens with zero attached hydrogens (tertiary/aromatic N) is 1. The van der Waals surface area contributed by atoms with Crippen LogP contribution in [0, 0.1) is 11.8 Å². The van der Waals surface area contributed by atoms with E-state index in [0.29, 0.717) is 17.9 Å². The fourth-order valence-corrected chi connectivity index (χ4v) is 4.82. The lowest BCUT2D eigenvalue weighted by Crippen LogP contribution is -2.65. The van der Waals surface area contributed by atoms with Crippen LogP contribution < -0.4 is 0 Å². The molecule has 0 bridgehead atoms. The van der Waals surface area contributed by atoms with Crippen LogP contribution in [0.25, 0.3) is 0 Å². The van der Waals surface area contributed by atoms with Crippen molar-refractivity contribution in [2.45, 2.75) is 64.4 Å². The van der Waals surface area contributed by atoms with E-state index in [2.05, 4.69) is 32.6 Å². The van der Waals surface area contributed by atoms with Crippen molar-refractivity contribution in [1.29, 1.82) is 0 Å². The number of ether oxygens (including phenoxy) is 1. The summed E-state index contributed by atoms with van der Waals surface area (Å²) < 4.78 is 5.65. The maximum Gasteiger partial charge on any atom is 0.0935 e. The van der Waals surface area contributed by atoms with E-state index >= 15 is 0 Å². The Morgan fingerprint density at radius 3 is 2.42 bits per heavy atom. The molecule has 3 heteroatoms. The van der Waals surface area contributed by atoms with Gasteiger partial charge in [-0.1, -0.05) is 31.7 Å². The van der Waals surface area contributed by atoms with Gasteiger partial charge in [0.2, 0.25) is 0 Å². The first-order chi connectivity index (χ1) is 8.99. The third-order valence-corrected chi connectivity index (χ3v) is 5.23. The summed E-state index contributed by atoms with van der Waals surface area (Å²) >= 11 is 0. The highest BCUT2D eigenvalue weighted by Crippen LogP contribution is 2.56. The average molecular weight is 259 g/mol. The molecule has 0 saturated carbocycles. The molecular formula is C16H26BNO. The third kappa shape index (κ3) is 1.73. The predicted octanol–water partition coefficient (Wildman–Crippen LogP) is 3.15. The van der Waals surface area contributed by atoms with Gasteiger partial charge in [0.1, 0.15) is 0 Å². The minimum absolute atomic E-state index is 0.217. The van der Waals surface area contributed by atoms with Crippen molar-refractivity contribution >= 4 is 7.85 Å². The van der Waals surface area contributed by atoms with Gasteiger partial charge in [-0.2, -0.15) is 0 Å². The van der Waals surface area contributed by atoms with Gasteiger partial charge >= 0.3 is 0 Å². The number of rotatable bonds is 2. The first-order valence-electron chi connectivity index (χ1n) is 7.84. The van der Waals surface area contributed by atoms with Gasteiger partial charge in [0.25, 0.3) is 0 Å². The van der Waals surface area contributed by atoms with Crippen LogP contribution in [0.1, 0.15) is 47.0 Å². The Morgan fingerprint density at radius 1 is 1.26 bits per heavy atom. The highest BCUT2D eigenvalue weighted by Gasteiger charge is 2.59. The summed E-state index contributed by atoms with van der Waals surface area (Å²) in [7, 11) is 6.49. The van der Waals surface area contributed by atoms with Crippen molar-refractivity contribution in [1.82, 2.24) is 4.90 Å². The molecule has 0 aromatic carbocycles. The van der Waals surface area contributed by atoms with Crippen molar-refractivity contribution in [3.05, 3.63) is 11.3 Å². The zero-order valence-corrected chi connectivity index (χ0v) is 12.8. The molecule has 2 heterocycles. The molecule has 3 rings (SSSR count). The number of hydrogen-bond acceptors (Lipinski definition) is 2. The molecule has 1 fully saturated rings. The largest absolute Gasteiger partial charge is 0.376 e. The van der Waals surface area contributed by atoms with Gasteiger partial charge in [-0.25, -0.2) is 0 Å². The Morgan fingerprint density at radius 2 is 1.95 bits per heavy atom. The lowest BCUT2D eigenvalue weighted by atomic mass is 9.63. The van der Waals surface area contributed by atoms with E-state index in [0.717, 1.165) is 19.6 Å². The molecule has 0 aromatic heterocycles. The van der Waals surface area contributed by atoms with Gasteiger partial charge in [-0.05, 0) is 32.6 Å². The van der Waals surface area contributed by atoms with Gasteiger partial charge in [-0.3, -0.25) is 0 Å². The summed E-state index contributed by atoms with van der Waals surface area (Å²) in [6.07, 6.45) is 3.61. The monoisotopic (exact) mass is 259 g/mol. The minimum atomic E-state index is 0.217. The van der Waals surface area contributed by atoms with E-state index < -0.39 is 0 Å². The van der Waals surface area contributed by atoms with Gasteiger partial charge in [-0.15, -0.1) is 0 Å². The third-order valence-electron chi connectivity index (χ3n) is 5.23. The normalized spacial score (nSPS) is 33.3. The van der Waals surface area contributed by atoms with Gasteiger partial charge in [0.05, 0.1) is 26.6 Å². The van der Waals surface area contributed by atoms with Crippen molar-refractivity contribution in [3.63, 3.8) is 0 Å². The summed E-state index contributed by atoms with van der Waals surface area (Å²) in [5.74, 6) is 1.51. The molecule has 0 amide bonds. The average Bonchev–Trinajstić information content (AvgIpc) is 2.60. The molecule has 104 valence electrons. The van der Waals surface area contributed by atoms with Crippen molar-refractivity contribution in [3.8, 4) is 0 Å². The molecule has 3 aliphatic rings. The van der Waals surface area contributed by atoms with E-state index in [4.69, 9.17) is 12.6 Å². The Labute approximate surface area is 119 Å². The van der Waals surface area contributed by atoms with Crippen LogP contribution in [0.15, 0.2) is 11.3 Å². The first kappa shape index (κ1) is 13.5. The maximum absolute atomic E-state index is 6.49. The van der Waals surface area contributed by atoms with E-state index in [9.17, 15) is 0 Å². The number of allylic oxidation sites excluding steroid dienone is 1. The molecule has 19 heavy (non-hydrogen) atoms. The second kappa shape index (κ2) is 4.54. The second-order valence-electron chi connectivity index (χ2n) is 7.18. The fourth-order valence-electron chi connectivity index (χ4n) is 4.82. The van der Waals surface area contributed by atoms with Crippen molar-refractivity contribution in [2.75, 3.05) is 13.2 Å². The zero-order valence-electron chi connectivity index (χ0n) is 12.8. The standard InChI is InChI=1S/C16H26BNO/c1-10(2)15-14-12(17)6-5-7-13(14)18(11(3)4)16(15)8-19-9-16/h10-12,15H,5-9H2,1-4H3. The van der Waals surface area contributed by atoms with E-state index in [-0.39, 0.29) is 11.4 Å².